The molecule has 0 radical (unpaired) electrons. The average molecular weight is 549 g/mol. The first kappa shape index (κ1) is 25.9. The fourth-order valence-corrected chi connectivity index (χ4v) is 5.17. The molecule has 1 saturated heterocycles. The number of hydrogen-bond donors (Lipinski definition) is 0. The van der Waals surface area contributed by atoms with Gasteiger partial charge in [0.2, 0.25) is 5.88 Å². The molecule has 1 aliphatic heterocycles. The van der Waals surface area contributed by atoms with Crippen molar-refractivity contribution in [1.29, 1.82) is 0 Å². The molecule has 1 saturated carbocycles. The number of fused-ring (bicyclic) bond motifs is 1. The van der Waals surface area contributed by atoms with Crippen LogP contribution in [0.4, 0.5) is 15.9 Å². The van der Waals surface area contributed by atoms with Crippen molar-refractivity contribution in [2.24, 2.45) is 0 Å². The molecule has 0 spiro atoms. The van der Waals surface area contributed by atoms with Gasteiger partial charge in [-0.1, -0.05) is 0 Å². The number of benzene rings is 1. The number of rotatable bonds is 8. The van der Waals surface area contributed by atoms with Crippen molar-refractivity contribution in [3.63, 3.8) is 0 Å². The SMILES string of the molecule is O=[N+]([O-])c1ccc(COc2cnc3cc(N4CCOCC4)nc(O[C@H]4CC[C@@H](n5cc(F)cn5)CC4)c3c2)cc1. The van der Waals surface area contributed by atoms with Gasteiger partial charge in [0.15, 0.2) is 5.82 Å². The third-order valence-electron chi connectivity index (χ3n) is 7.36. The van der Waals surface area contributed by atoms with Gasteiger partial charge in [-0.05, 0) is 49.4 Å². The number of anilines is 1. The van der Waals surface area contributed by atoms with Crippen LogP contribution in [0.5, 0.6) is 11.6 Å². The Morgan fingerprint density at radius 3 is 2.55 bits per heavy atom. The van der Waals surface area contributed by atoms with Crippen LogP contribution in [0.3, 0.4) is 0 Å². The van der Waals surface area contributed by atoms with Crippen LogP contribution in [0.2, 0.25) is 0 Å². The highest BCUT2D eigenvalue weighted by molar-refractivity contribution is 5.87. The first-order valence-corrected chi connectivity index (χ1v) is 13.4. The Hall–Kier alpha value is -4.32. The highest BCUT2D eigenvalue weighted by Gasteiger charge is 2.26. The standard InChI is InChI=1S/C28H29FN6O5/c29-20-15-31-34(17-20)21-5-7-23(8-6-21)40-28-25-13-24(39-18-19-1-3-22(4-2-19)35(36)37)16-30-26(25)14-27(32-28)33-9-11-38-12-10-33/h1-4,13-17,21,23H,5-12,18H2/t21-,23+. The molecule has 0 unspecified atom stereocenters. The number of morpholine rings is 1. The minimum atomic E-state index is -0.429. The topological polar surface area (TPSA) is 118 Å². The van der Waals surface area contributed by atoms with Crippen LogP contribution in [0.25, 0.3) is 10.9 Å². The summed E-state index contributed by atoms with van der Waals surface area (Å²) < 4.78 is 33.1. The third kappa shape index (κ3) is 5.81. The molecule has 3 aromatic heterocycles. The predicted octanol–water partition coefficient (Wildman–Crippen LogP) is 4.85. The van der Waals surface area contributed by atoms with Crippen LogP contribution < -0.4 is 14.4 Å². The van der Waals surface area contributed by atoms with Crippen molar-refractivity contribution >= 4 is 22.4 Å². The zero-order valence-electron chi connectivity index (χ0n) is 21.8. The van der Waals surface area contributed by atoms with Gasteiger partial charge < -0.3 is 19.1 Å². The third-order valence-corrected chi connectivity index (χ3v) is 7.36. The van der Waals surface area contributed by atoms with E-state index in [4.69, 9.17) is 19.2 Å². The number of halogens is 1. The molecule has 40 heavy (non-hydrogen) atoms. The Morgan fingerprint density at radius 1 is 1.07 bits per heavy atom. The minimum absolute atomic E-state index is 0.0332. The Morgan fingerprint density at radius 2 is 1.85 bits per heavy atom. The number of nitrogens with zero attached hydrogens (tertiary/aromatic N) is 6. The number of nitro benzene ring substituents is 1. The maximum Gasteiger partial charge on any atom is 0.269 e. The van der Waals surface area contributed by atoms with Crippen LogP contribution in [0.15, 0.2) is 55.0 Å². The summed E-state index contributed by atoms with van der Waals surface area (Å²) in [6, 6.07) is 10.2. The summed E-state index contributed by atoms with van der Waals surface area (Å²) in [6.07, 6.45) is 7.54. The first-order valence-electron chi connectivity index (χ1n) is 13.4. The zero-order valence-corrected chi connectivity index (χ0v) is 21.8. The van der Waals surface area contributed by atoms with E-state index in [1.807, 2.05) is 12.1 Å². The average Bonchev–Trinajstić information content (AvgIpc) is 3.43. The summed E-state index contributed by atoms with van der Waals surface area (Å²) >= 11 is 0. The molecular weight excluding hydrogens is 519 g/mol. The molecule has 6 rings (SSSR count). The van der Waals surface area contributed by atoms with Crippen molar-refractivity contribution in [3.8, 4) is 11.6 Å². The molecule has 0 bridgehead atoms. The number of ether oxygens (including phenoxy) is 3. The molecule has 2 aliphatic rings. The summed E-state index contributed by atoms with van der Waals surface area (Å²) in [4.78, 5) is 22.2. The maximum absolute atomic E-state index is 13.4. The second-order valence-electron chi connectivity index (χ2n) is 10.0. The summed E-state index contributed by atoms with van der Waals surface area (Å²) in [6.45, 7) is 2.98. The largest absolute Gasteiger partial charge is 0.487 e. The molecule has 1 aliphatic carbocycles. The van der Waals surface area contributed by atoms with E-state index in [1.165, 1.54) is 24.5 Å². The lowest BCUT2D eigenvalue weighted by molar-refractivity contribution is -0.384. The van der Waals surface area contributed by atoms with Crippen molar-refractivity contribution in [2.45, 2.75) is 44.4 Å². The number of nitro groups is 1. The molecule has 0 atom stereocenters. The van der Waals surface area contributed by atoms with Crippen molar-refractivity contribution < 1.29 is 23.5 Å². The Bertz CT molecular complexity index is 1480. The monoisotopic (exact) mass is 548 g/mol. The van der Waals surface area contributed by atoms with Gasteiger partial charge in [-0.2, -0.15) is 10.1 Å². The summed E-state index contributed by atoms with van der Waals surface area (Å²) in [7, 11) is 0. The quantitative estimate of drug-likeness (QED) is 0.225. The molecule has 1 aromatic carbocycles. The second kappa shape index (κ2) is 11.4. The van der Waals surface area contributed by atoms with E-state index < -0.39 is 4.92 Å². The van der Waals surface area contributed by atoms with E-state index in [9.17, 15) is 14.5 Å². The van der Waals surface area contributed by atoms with Gasteiger partial charge >= 0.3 is 0 Å². The number of pyridine rings is 2. The Balaban J connectivity index is 1.22. The molecule has 0 amide bonds. The maximum atomic E-state index is 13.4. The van der Waals surface area contributed by atoms with Gasteiger partial charge in [0.05, 0.1) is 53.7 Å². The van der Waals surface area contributed by atoms with Gasteiger partial charge in [0.25, 0.3) is 5.69 Å². The van der Waals surface area contributed by atoms with Crippen LogP contribution in [0.1, 0.15) is 37.3 Å². The Kier molecular flexibility index (Phi) is 7.41. The predicted molar refractivity (Wildman–Crippen MR) is 144 cm³/mol. The Labute approximate surface area is 229 Å². The molecule has 4 aromatic rings. The van der Waals surface area contributed by atoms with E-state index in [0.29, 0.717) is 24.8 Å². The zero-order chi connectivity index (χ0) is 27.5. The normalized spacial score (nSPS) is 19.5. The van der Waals surface area contributed by atoms with Crippen molar-refractivity contribution in [3.05, 3.63) is 76.5 Å². The number of hydrogen-bond acceptors (Lipinski definition) is 9. The molecule has 0 N–H and O–H groups in total. The van der Waals surface area contributed by atoms with Gasteiger partial charge in [-0.15, -0.1) is 0 Å². The van der Waals surface area contributed by atoms with E-state index in [0.717, 1.165) is 61.1 Å². The number of non-ortho nitro benzene ring substituents is 1. The lowest BCUT2D eigenvalue weighted by Crippen LogP contribution is -2.36. The first-order chi connectivity index (χ1) is 19.5. The van der Waals surface area contributed by atoms with Crippen LogP contribution in [-0.4, -0.2) is 57.1 Å². The molecule has 4 heterocycles. The molecule has 12 heteroatoms. The van der Waals surface area contributed by atoms with E-state index >= 15 is 0 Å². The molecule has 11 nitrogen and oxygen atoms in total. The molecule has 208 valence electrons. The minimum Gasteiger partial charge on any atom is -0.487 e. The second-order valence-corrected chi connectivity index (χ2v) is 10.0. The summed E-state index contributed by atoms with van der Waals surface area (Å²) in [5.41, 5.74) is 1.58. The molecular formula is C28H29FN6O5. The highest BCUT2D eigenvalue weighted by atomic mass is 19.1. The van der Waals surface area contributed by atoms with Gasteiger partial charge in [-0.3, -0.25) is 19.8 Å². The number of aromatic nitrogens is 4. The van der Waals surface area contributed by atoms with Crippen LogP contribution in [0, 0.1) is 15.9 Å². The van der Waals surface area contributed by atoms with Crippen LogP contribution in [-0.2, 0) is 11.3 Å². The van der Waals surface area contributed by atoms with Gasteiger partial charge in [0, 0.05) is 31.3 Å². The van der Waals surface area contributed by atoms with E-state index in [1.54, 1.807) is 23.0 Å². The fraction of sp³-hybridized carbons (Fsp3) is 0.393. The van der Waals surface area contributed by atoms with E-state index in [2.05, 4.69) is 15.0 Å². The van der Waals surface area contributed by atoms with E-state index in [-0.39, 0.29) is 30.3 Å². The van der Waals surface area contributed by atoms with Crippen molar-refractivity contribution in [1.82, 2.24) is 19.7 Å². The van der Waals surface area contributed by atoms with Crippen molar-refractivity contribution in [2.75, 3.05) is 31.2 Å². The van der Waals surface area contributed by atoms with Gasteiger partial charge in [-0.25, -0.2) is 4.39 Å². The van der Waals surface area contributed by atoms with Gasteiger partial charge in [0.1, 0.15) is 24.3 Å². The van der Waals surface area contributed by atoms with Crippen LogP contribution >= 0.6 is 0 Å². The smallest absolute Gasteiger partial charge is 0.269 e. The molecule has 2 fully saturated rings. The lowest BCUT2D eigenvalue weighted by atomic mass is 9.93. The summed E-state index contributed by atoms with van der Waals surface area (Å²) in [5, 5.41) is 15.8. The highest BCUT2D eigenvalue weighted by Crippen LogP contribution is 2.35. The lowest BCUT2D eigenvalue weighted by Gasteiger charge is -2.30. The fourth-order valence-electron chi connectivity index (χ4n) is 5.17. The summed E-state index contributed by atoms with van der Waals surface area (Å²) in [5.74, 6) is 1.51.